The Bertz CT molecular complexity index is 970. The van der Waals surface area contributed by atoms with Gasteiger partial charge in [0.15, 0.2) is 5.78 Å². The maximum atomic E-state index is 12.7. The van der Waals surface area contributed by atoms with Crippen molar-refractivity contribution >= 4 is 29.2 Å². The summed E-state index contributed by atoms with van der Waals surface area (Å²) in [6.07, 6.45) is 3.20. The number of benzene rings is 2. The van der Waals surface area contributed by atoms with Crippen LogP contribution >= 0.6 is 11.3 Å². The van der Waals surface area contributed by atoms with Crippen molar-refractivity contribution in [2.24, 2.45) is 0 Å². The number of hydrogen-bond donors (Lipinski definition) is 0. The van der Waals surface area contributed by atoms with Crippen LogP contribution in [0.3, 0.4) is 0 Å². The SMILES string of the molecule is COc1ccc(C(=O)/C=C/c2ccc(C)cc2)c(OC(=O)c2cccs2)c1. The van der Waals surface area contributed by atoms with Gasteiger partial charge in [-0.3, -0.25) is 4.79 Å². The quantitative estimate of drug-likeness (QED) is 0.257. The van der Waals surface area contributed by atoms with Gasteiger partial charge in [-0.2, -0.15) is 0 Å². The highest BCUT2D eigenvalue weighted by molar-refractivity contribution is 7.12. The van der Waals surface area contributed by atoms with Crippen LogP contribution in [-0.4, -0.2) is 18.9 Å². The van der Waals surface area contributed by atoms with Crippen LogP contribution in [0.4, 0.5) is 0 Å². The average molecular weight is 378 g/mol. The molecule has 1 heterocycles. The molecule has 0 saturated carbocycles. The molecule has 0 amide bonds. The molecule has 0 unspecified atom stereocenters. The summed E-state index contributed by atoms with van der Waals surface area (Å²) in [5.74, 6) is -0.0867. The van der Waals surface area contributed by atoms with E-state index in [1.807, 2.05) is 31.2 Å². The third-order valence-corrected chi connectivity index (χ3v) is 4.73. The predicted molar refractivity (Wildman–Crippen MR) is 107 cm³/mol. The van der Waals surface area contributed by atoms with Gasteiger partial charge in [0, 0.05) is 6.07 Å². The van der Waals surface area contributed by atoms with Crippen LogP contribution in [0.25, 0.3) is 6.08 Å². The lowest BCUT2D eigenvalue weighted by molar-refractivity contribution is 0.0738. The number of ether oxygens (including phenoxy) is 2. The number of carbonyl (C=O) groups is 2. The molecular formula is C22H18O4S. The van der Waals surface area contributed by atoms with Crippen molar-refractivity contribution < 1.29 is 19.1 Å². The van der Waals surface area contributed by atoms with Gasteiger partial charge < -0.3 is 9.47 Å². The lowest BCUT2D eigenvalue weighted by atomic mass is 10.1. The molecule has 0 aliphatic rings. The second-order valence-corrected chi connectivity index (χ2v) is 6.78. The Morgan fingerprint density at radius 2 is 1.81 bits per heavy atom. The second-order valence-electron chi connectivity index (χ2n) is 5.84. The molecule has 27 heavy (non-hydrogen) atoms. The monoisotopic (exact) mass is 378 g/mol. The molecule has 0 spiro atoms. The predicted octanol–water partition coefficient (Wildman–Crippen LogP) is 5.18. The highest BCUT2D eigenvalue weighted by Crippen LogP contribution is 2.27. The highest BCUT2D eigenvalue weighted by Gasteiger charge is 2.17. The molecule has 0 radical (unpaired) electrons. The van der Waals surface area contributed by atoms with Crippen molar-refractivity contribution in [2.75, 3.05) is 7.11 Å². The first-order valence-electron chi connectivity index (χ1n) is 8.29. The minimum Gasteiger partial charge on any atom is -0.497 e. The molecule has 0 atom stereocenters. The van der Waals surface area contributed by atoms with E-state index < -0.39 is 5.97 Å². The number of hydrogen-bond acceptors (Lipinski definition) is 5. The Morgan fingerprint density at radius 3 is 2.48 bits per heavy atom. The molecule has 3 aromatic rings. The van der Waals surface area contributed by atoms with Crippen molar-refractivity contribution in [3.8, 4) is 11.5 Å². The number of ketones is 1. The van der Waals surface area contributed by atoms with Crippen molar-refractivity contribution in [1.82, 2.24) is 0 Å². The van der Waals surface area contributed by atoms with Crippen molar-refractivity contribution in [3.05, 3.63) is 87.6 Å². The zero-order valence-electron chi connectivity index (χ0n) is 15.0. The van der Waals surface area contributed by atoms with E-state index >= 15 is 0 Å². The lowest BCUT2D eigenvalue weighted by Gasteiger charge is -2.09. The van der Waals surface area contributed by atoms with Crippen molar-refractivity contribution in [3.63, 3.8) is 0 Å². The van der Waals surface area contributed by atoms with Gasteiger partial charge in [-0.15, -0.1) is 11.3 Å². The Labute approximate surface area is 161 Å². The maximum Gasteiger partial charge on any atom is 0.353 e. The molecule has 2 aromatic carbocycles. The number of allylic oxidation sites excluding steroid dienone is 1. The highest BCUT2D eigenvalue weighted by atomic mass is 32.1. The van der Waals surface area contributed by atoms with Gasteiger partial charge in [0.2, 0.25) is 0 Å². The van der Waals surface area contributed by atoms with E-state index in [0.29, 0.717) is 16.2 Å². The maximum absolute atomic E-state index is 12.7. The summed E-state index contributed by atoms with van der Waals surface area (Å²) >= 11 is 1.28. The van der Waals surface area contributed by atoms with E-state index in [9.17, 15) is 9.59 Å². The number of rotatable bonds is 6. The summed E-state index contributed by atoms with van der Waals surface area (Å²) in [6, 6.07) is 16.1. The smallest absolute Gasteiger partial charge is 0.353 e. The number of carbonyl (C=O) groups excluding carboxylic acids is 2. The summed E-state index contributed by atoms with van der Waals surface area (Å²) in [5, 5.41) is 1.79. The van der Waals surface area contributed by atoms with Crippen LogP contribution in [0, 0.1) is 6.92 Å². The minimum absolute atomic E-state index is 0.173. The van der Waals surface area contributed by atoms with E-state index in [4.69, 9.17) is 9.47 Å². The molecule has 0 bridgehead atoms. The molecule has 3 rings (SSSR count). The fraction of sp³-hybridized carbons (Fsp3) is 0.0909. The van der Waals surface area contributed by atoms with Crippen LogP contribution in [0.2, 0.25) is 0 Å². The summed E-state index contributed by atoms with van der Waals surface area (Å²) in [7, 11) is 1.51. The zero-order valence-corrected chi connectivity index (χ0v) is 15.8. The van der Waals surface area contributed by atoms with Gasteiger partial charge in [0.05, 0.1) is 12.7 Å². The minimum atomic E-state index is -0.505. The first kappa shape index (κ1) is 18.6. The molecule has 0 aliphatic heterocycles. The first-order valence-corrected chi connectivity index (χ1v) is 9.17. The molecule has 0 saturated heterocycles. The normalized spacial score (nSPS) is 10.7. The van der Waals surface area contributed by atoms with Crippen LogP contribution in [0.1, 0.15) is 31.2 Å². The molecule has 0 aliphatic carbocycles. The molecule has 1 aromatic heterocycles. The summed E-state index contributed by atoms with van der Waals surface area (Å²) in [4.78, 5) is 25.4. The van der Waals surface area contributed by atoms with E-state index in [0.717, 1.165) is 11.1 Å². The summed E-state index contributed by atoms with van der Waals surface area (Å²) in [6.45, 7) is 2.00. The number of methoxy groups -OCH3 is 1. The van der Waals surface area contributed by atoms with Gasteiger partial charge in [-0.25, -0.2) is 4.79 Å². The summed E-state index contributed by atoms with van der Waals surface area (Å²) < 4.78 is 10.6. The van der Waals surface area contributed by atoms with Crippen LogP contribution in [0.15, 0.2) is 66.1 Å². The Balaban J connectivity index is 1.86. The van der Waals surface area contributed by atoms with Gasteiger partial charge >= 0.3 is 5.97 Å². The standard InChI is InChI=1S/C22H18O4S/c1-15-5-7-16(8-6-15)9-12-19(23)18-11-10-17(25-2)14-20(18)26-22(24)21-4-3-13-27-21/h3-14H,1-2H3/b12-9+. The molecular weight excluding hydrogens is 360 g/mol. The number of thiophene rings is 1. The molecule has 4 nitrogen and oxygen atoms in total. The Morgan fingerprint density at radius 1 is 1.04 bits per heavy atom. The largest absolute Gasteiger partial charge is 0.497 e. The molecule has 136 valence electrons. The van der Waals surface area contributed by atoms with Crippen molar-refractivity contribution in [1.29, 1.82) is 0 Å². The second kappa shape index (κ2) is 8.47. The number of aryl methyl sites for hydroxylation is 1. The Hall–Kier alpha value is -3.18. The summed E-state index contributed by atoms with van der Waals surface area (Å²) in [5.41, 5.74) is 2.36. The fourth-order valence-corrected chi connectivity index (χ4v) is 3.00. The van der Waals surface area contributed by atoms with E-state index in [1.54, 1.807) is 41.8 Å². The van der Waals surface area contributed by atoms with Gasteiger partial charge in [-0.05, 0) is 42.1 Å². The third-order valence-electron chi connectivity index (χ3n) is 3.88. The Kier molecular flexibility index (Phi) is 5.84. The van der Waals surface area contributed by atoms with Crippen molar-refractivity contribution in [2.45, 2.75) is 6.92 Å². The van der Waals surface area contributed by atoms with Gasteiger partial charge in [-0.1, -0.05) is 42.0 Å². The van der Waals surface area contributed by atoms with E-state index in [-0.39, 0.29) is 11.5 Å². The van der Waals surface area contributed by atoms with Crippen LogP contribution in [-0.2, 0) is 0 Å². The lowest BCUT2D eigenvalue weighted by Crippen LogP contribution is -2.10. The van der Waals surface area contributed by atoms with Crippen LogP contribution < -0.4 is 9.47 Å². The van der Waals surface area contributed by atoms with Gasteiger partial charge in [0.1, 0.15) is 16.4 Å². The third kappa shape index (κ3) is 4.71. The average Bonchev–Trinajstić information content (AvgIpc) is 3.22. The number of esters is 1. The van der Waals surface area contributed by atoms with E-state index in [1.165, 1.54) is 24.5 Å². The molecule has 0 fully saturated rings. The fourth-order valence-electron chi connectivity index (χ4n) is 2.40. The van der Waals surface area contributed by atoms with E-state index in [2.05, 4.69) is 0 Å². The van der Waals surface area contributed by atoms with Gasteiger partial charge in [0.25, 0.3) is 0 Å². The molecule has 5 heteroatoms. The first-order chi connectivity index (χ1) is 13.1. The van der Waals surface area contributed by atoms with Crippen LogP contribution in [0.5, 0.6) is 11.5 Å². The topological polar surface area (TPSA) is 52.6 Å². The zero-order chi connectivity index (χ0) is 19.2. The molecule has 0 N–H and O–H groups in total.